The minimum atomic E-state index is -0.575. The summed E-state index contributed by atoms with van der Waals surface area (Å²) in [4.78, 5) is 25.4. The molecule has 120 valence electrons. The number of benzene rings is 2. The van der Waals surface area contributed by atoms with Crippen LogP contribution in [-0.4, -0.2) is 30.4 Å². The van der Waals surface area contributed by atoms with Crippen LogP contribution in [-0.2, 0) is 16.1 Å². The van der Waals surface area contributed by atoms with E-state index in [1.54, 1.807) is 6.07 Å². The lowest BCUT2D eigenvalue weighted by Crippen LogP contribution is -2.33. The van der Waals surface area contributed by atoms with Gasteiger partial charge in [0, 0.05) is 13.1 Å². The van der Waals surface area contributed by atoms with Crippen molar-refractivity contribution in [3.63, 3.8) is 0 Å². The van der Waals surface area contributed by atoms with Gasteiger partial charge >= 0.3 is 5.97 Å². The Hall–Kier alpha value is -2.69. The number of nitrogens with zero attached hydrogens (tertiary/aromatic N) is 1. The SMILES string of the molecule is COC(=O)CCN(Cc1ccccc1)C(=O)c1ccccc1F. The Morgan fingerprint density at radius 2 is 1.70 bits per heavy atom. The highest BCUT2D eigenvalue weighted by atomic mass is 19.1. The topological polar surface area (TPSA) is 46.6 Å². The number of halogens is 1. The van der Waals surface area contributed by atoms with Gasteiger partial charge in [0.25, 0.3) is 5.91 Å². The van der Waals surface area contributed by atoms with Crippen molar-refractivity contribution in [1.29, 1.82) is 0 Å². The van der Waals surface area contributed by atoms with Crippen molar-refractivity contribution in [2.45, 2.75) is 13.0 Å². The molecule has 0 bridgehead atoms. The number of amides is 1. The van der Waals surface area contributed by atoms with Gasteiger partial charge in [-0.2, -0.15) is 0 Å². The number of methoxy groups -OCH3 is 1. The molecule has 5 heteroatoms. The fraction of sp³-hybridized carbons (Fsp3) is 0.222. The van der Waals surface area contributed by atoms with Gasteiger partial charge in [-0.1, -0.05) is 42.5 Å². The van der Waals surface area contributed by atoms with Crippen LogP contribution < -0.4 is 0 Å². The van der Waals surface area contributed by atoms with Crippen LogP contribution in [0, 0.1) is 5.82 Å². The minimum absolute atomic E-state index is 0.00621. The van der Waals surface area contributed by atoms with Gasteiger partial charge in [-0.25, -0.2) is 4.39 Å². The van der Waals surface area contributed by atoms with Crippen LogP contribution in [0.5, 0.6) is 0 Å². The summed E-state index contributed by atoms with van der Waals surface area (Å²) < 4.78 is 18.5. The predicted molar refractivity (Wildman–Crippen MR) is 84.2 cm³/mol. The van der Waals surface area contributed by atoms with Crippen molar-refractivity contribution in [2.75, 3.05) is 13.7 Å². The maximum atomic E-state index is 13.9. The summed E-state index contributed by atoms with van der Waals surface area (Å²) in [6.07, 6.45) is 0.0591. The standard InChI is InChI=1S/C18H18FNO3/c1-23-17(21)11-12-20(13-14-7-3-2-4-8-14)18(22)15-9-5-6-10-16(15)19/h2-10H,11-13H2,1H3. The molecule has 0 heterocycles. The first-order chi connectivity index (χ1) is 11.1. The van der Waals surface area contributed by atoms with E-state index in [0.29, 0.717) is 6.54 Å². The first-order valence-electron chi connectivity index (χ1n) is 7.26. The van der Waals surface area contributed by atoms with Gasteiger partial charge in [-0.3, -0.25) is 9.59 Å². The molecule has 0 aliphatic rings. The van der Waals surface area contributed by atoms with E-state index in [0.717, 1.165) is 5.56 Å². The normalized spacial score (nSPS) is 10.2. The summed E-state index contributed by atoms with van der Waals surface area (Å²) in [5.41, 5.74) is 0.898. The number of esters is 1. The van der Waals surface area contributed by atoms with E-state index >= 15 is 0 Å². The van der Waals surface area contributed by atoms with E-state index < -0.39 is 17.7 Å². The van der Waals surface area contributed by atoms with E-state index in [-0.39, 0.29) is 18.5 Å². The zero-order valence-electron chi connectivity index (χ0n) is 12.9. The minimum Gasteiger partial charge on any atom is -0.469 e. The van der Waals surface area contributed by atoms with Gasteiger partial charge in [-0.05, 0) is 17.7 Å². The Kier molecular flexibility index (Phi) is 5.86. The quantitative estimate of drug-likeness (QED) is 0.770. The van der Waals surface area contributed by atoms with Gasteiger partial charge in [0.2, 0.25) is 0 Å². The van der Waals surface area contributed by atoms with E-state index in [9.17, 15) is 14.0 Å². The van der Waals surface area contributed by atoms with Crippen LogP contribution in [0.4, 0.5) is 4.39 Å². The van der Waals surface area contributed by atoms with Gasteiger partial charge in [0.15, 0.2) is 0 Å². The third kappa shape index (κ3) is 4.64. The van der Waals surface area contributed by atoms with Crippen molar-refractivity contribution < 1.29 is 18.7 Å². The van der Waals surface area contributed by atoms with Crippen molar-refractivity contribution in [3.8, 4) is 0 Å². The van der Waals surface area contributed by atoms with E-state index in [4.69, 9.17) is 0 Å². The molecule has 0 fully saturated rings. The van der Waals surface area contributed by atoms with Crippen LogP contribution in [0.25, 0.3) is 0 Å². The molecule has 0 atom stereocenters. The van der Waals surface area contributed by atoms with Gasteiger partial charge < -0.3 is 9.64 Å². The maximum Gasteiger partial charge on any atom is 0.307 e. The zero-order valence-corrected chi connectivity index (χ0v) is 12.9. The Labute approximate surface area is 134 Å². The number of hydrogen-bond donors (Lipinski definition) is 0. The Balaban J connectivity index is 2.20. The van der Waals surface area contributed by atoms with Gasteiger partial charge in [-0.15, -0.1) is 0 Å². The summed E-state index contributed by atoms with van der Waals surface area (Å²) in [5.74, 6) is -1.44. The number of ether oxygens (including phenoxy) is 1. The predicted octanol–water partition coefficient (Wildman–Crippen LogP) is 3.03. The first kappa shape index (κ1) is 16.7. The molecule has 0 spiro atoms. The largest absolute Gasteiger partial charge is 0.469 e. The van der Waals surface area contributed by atoms with E-state index in [1.165, 1.54) is 30.2 Å². The fourth-order valence-electron chi connectivity index (χ4n) is 2.19. The van der Waals surface area contributed by atoms with Crippen LogP contribution in [0.3, 0.4) is 0 Å². The average Bonchev–Trinajstić information content (AvgIpc) is 2.59. The molecule has 0 N–H and O–H groups in total. The summed E-state index contributed by atoms with van der Waals surface area (Å²) in [6.45, 7) is 0.458. The second-order valence-corrected chi connectivity index (χ2v) is 5.02. The molecule has 1 amide bonds. The monoisotopic (exact) mass is 315 g/mol. The summed E-state index contributed by atoms with van der Waals surface area (Å²) in [7, 11) is 1.29. The van der Waals surface area contributed by atoms with Crippen LogP contribution in [0.2, 0.25) is 0 Å². The Bertz CT molecular complexity index is 673. The lowest BCUT2D eigenvalue weighted by molar-refractivity contribution is -0.140. The highest BCUT2D eigenvalue weighted by Crippen LogP contribution is 2.14. The highest BCUT2D eigenvalue weighted by Gasteiger charge is 2.20. The molecule has 0 radical (unpaired) electrons. The molecule has 0 saturated heterocycles. The van der Waals surface area contributed by atoms with Gasteiger partial charge in [0.1, 0.15) is 5.82 Å². The summed E-state index contributed by atoms with van der Waals surface area (Å²) in [6, 6.07) is 15.2. The Morgan fingerprint density at radius 1 is 1.04 bits per heavy atom. The second-order valence-electron chi connectivity index (χ2n) is 5.02. The molecule has 0 aromatic heterocycles. The number of hydrogen-bond acceptors (Lipinski definition) is 3. The molecule has 4 nitrogen and oxygen atoms in total. The summed E-state index contributed by atoms with van der Waals surface area (Å²) >= 11 is 0. The molecular weight excluding hydrogens is 297 g/mol. The van der Waals surface area contributed by atoms with Crippen molar-refractivity contribution >= 4 is 11.9 Å². The van der Waals surface area contributed by atoms with Crippen molar-refractivity contribution in [3.05, 3.63) is 71.5 Å². The highest BCUT2D eigenvalue weighted by molar-refractivity contribution is 5.94. The lowest BCUT2D eigenvalue weighted by atomic mass is 10.1. The number of carbonyl (C=O) groups excluding carboxylic acids is 2. The maximum absolute atomic E-state index is 13.9. The Morgan fingerprint density at radius 3 is 2.35 bits per heavy atom. The molecule has 2 aromatic rings. The number of carbonyl (C=O) groups is 2. The first-order valence-corrected chi connectivity index (χ1v) is 7.26. The number of rotatable bonds is 6. The molecule has 0 unspecified atom stereocenters. The third-order valence-corrected chi connectivity index (χ3v) is 3.42. The summed E-state index contributed by atoms with van der Waals surface area (Å²) in [5, 5.41) is 0. The smallest absolute Gasteiger partial charge is 0.307 e. The van der Waals surface area contributed by atoms with E-state index in [1.807, 2.05) is 30.3 Å². The van der Waals surface area contributed by atoms with E-state index in [2.05, 4.69) is 4.74 Å². The third-order valence-electron chi connectivity index (χ3n) is 3.42. The molecule has 23 heavy (non-hydrogen) atoms. The van der Waals surface area contributed by atoms with Crippen LogP contribution in [0.15, 0.2) is 54.6 Å². The molecule has 0 aliphatic heterocycles. The molecule has 2 rings (SSSR count). The van der Waals surface area contributed by atoms with Gasteiger partial charge in [0.05, 0.1) is 19.1 Å². The molecule has 0 saturated carbocycles. The lowest BCUT2D eigenvalue weighted by Gasteiger charge is -2.22. The molecular formula is C18H18FNO3. The average molecular weight is 315 g/mol. The van der Waals surface area contributed by atoms with Crippen LogP contribution in [0.1, 0.15) is 22.3 Å². The zero-order chi connectivity index (χ0) is 16.7. The van der Waals surface area contributed by atoms with Crippen molar-refractivity contribution in [2.24, 2.45) is 0 Å². The second kappa shape index (κ2) is 8.08. The van der Waals surface area contributed by atoms with Crippen molar-refractivity contribution in [1.82, 2.24) is 4.90 Å². The van der Waals surface area contributed by atoms with Crippen LogP contribution >= 0.6 is 0 Å². The fourth-order valence-corrected chi connectivity index (χ4v) is 2.19. The molecule has 2 aromatic carbocycles. The molecule has 0 aliphatic carbocycles.